The minimum absolute atomic E-state index is 0.101. The maximum absolute atomic E-state index is 12.9. The van der Waals surface area contributed by atoms with Crippen LogP contribution >= 0.6 is 0 Å². The van der Waals surface area contributed by atoms with E-state index in [2.05, 4.69) is 0 Å². The highest BCUT2D eigenvalue weighted by Crippen LogP contribution is 2.20. The Labute approximate surface area is 152 Å². The minimum Gasteiger partial charge on any atom is -0.459 e. The molecule has 0 unspecified atom stereocenters. The van der Waals surface area contributed by atoms with Crippen molar-refractivity contribution >= 4 is 17.7 Å². The first-order valence-electron chi connectivity index (χ1n) is 9.17. The summed E-state index contributed by atoms with van der Waals surface area (Å²) in [6, 6.07) is 3.35. The summed E-state index contributed by atoms with van der Waals surface area (Å²) in [5.74, 6) is -0.143. The van der Waals surface area contributed by atoms with Gasteiger partial charge < -0.3 is 20.0 Å². The summed E-state index contributed by atoms with van der Waals surface area (Å²) in [6.45, 7) is 3.87. The Morgan fingerprint density at radius 1 is 1.08 bits per heavy atom. The molecule has 1 aromatic rings. The van der Waals surface area contributed by atoms with Gasteiger partial charge in [-0.2, -0.15) is 0 Å². The summed E-state index contributed by atoms with van der Waals surface area (Å²) in [4.78, 5) is 42.0. The molecule has 2 saturated heterocycles. The number of hydrogen-bond acceptors (Lipinski definition) is 5. The third kappa shape index (κ3) is 4.43. The number of furan rings is 1. The van der Waals surface area contributed by atoms with Gasteiger partial charge in [-0.1, -0.05) is 0 Å². The molecule has 142 valence electrons. The van der Waals surface area contributed by atoms with Gasteiger partial charge in [0.25, 0.3) is 5.91 Å². The summed E-state index contributed by atoms with van der Waals surface area (Å²) in [5, 5.41) is 0. The monoisotopic (exact) mass is 362 g/mol. The van der Waals surface area contributed by atoms with Crippen LogP contribution in [0.1, 0.15) is 29.8 Å². The summed E-state index contributed by atoms with van der Waals surface area (Å²) in [7, 11) is 0. The number of nitrogens with zero attached hydrogens (tertiary/aromatic N) is 3. The maximum Gasteiger partial charge on any atom is 0.289 e. The number of rotatable bonds is 4. The molecule has 26 heavy (non-hydrogen) atoms. The van der Waals surface area contributed by atoms with Gasteiger partial charge in [-0.15, -0.1) is 0 Å². The van der Waals surface area contributed by atoms with E-state index in [4.69, 9.17) is 10.2 Å². The summed E-state index contributed by atoms with van der Waals surface area (Å²) in [6.07, 6.45) is 3.96. The zero-order valence-electron chi connectivity index (χ0n) is 14.9. The van der Waals surface area contributed by atoms with Gasteiger partial charge in [0.05, 0.1) is 18.7 Å². The highest BCUT2D eigenvalue weighted by molar-refractivity contribution is 5.91. The zero-order chi connectivity index (χ0) is 18.5. The van der Waals surface area contributed by atoms with Crippen molar-refractivity contribution in [2.75, 3.05) is 45.8 Å². The van der Waals surface area contributed by atoms with Crippen LogP contribution in [0.5, 0.6) is 0 Å². The zero-order valence-corrected chi connectivity index (χ0v) is 14.9. The first-order valence-corrected chi connectivity index (χ1v) is 9.17. The predicted octanol–water partition coefficient (Wildman–Crippen LogP) is 0.151. The Kier molecular flexibility index (Phi) is 5.92. The molecule has 2 aliphatic heterocycles. The van der Waals surface area contributed by atoms with E-state index in [1.165, 1.54) is 6.26 Å². The fourth-order valence-electron chi connectivity index (χ4n) is 3.78. The number of carbonyl (C=O) groups excluding carboxylic acids is 3. The van der Waals surface area contributed by atoms with Crippen molar-refractivity contribution in [2.45, 2.75) is 19.3 Å². The van der Waals surface area contributed by atoms with Gasteiger partial charge in [0.2, 0.25) is 11.8 Å². The number of nitrogens with two attached hydrogens (primary N) is 1. The largest absolute Gasteiger partial charge is 0.459 e. The number of carbonyl (C=O) groups is 3. The molecule has 3 heterocycles. The summed E-state index contributed by atoms with van der Waals surface area (Å²) < 4.78 is 5.19. The van der Waals surface area contributed by atoms with Crippen LogP contribution in [-0.2, 0) is 9.59 Å². The van der Waals surface area contributed by atoms with Crippen molar-refractivity contribution in [1.82, 2.24) is 14.7 Å². The standard InChI is InChI=1S/C18H26N4O4/c19-16(23)13-20-6-1-4-14(12-20)17(24)21-7-3-8-22(10-9-21)18(25)15-5-2-11-26-15/h2,5,11,14H,1,3-4,6-10,12-13H2,(H2,19,23)/t14-/m1/s1. The molecule has 0 radical (unpaired) electrons. The lowest BCUT2D eigenvalue weighted by Gasteiger charge is -2.34. The Hall–Kier alpha value is -2.35. The number of amides is 3. The molecule has 3 amide bonds. The van der Waals surface area contributed by atoms with Crippen molar-refractivity contribution in [3.8, 4) is 0 Å². The molecular formula is C18H26N4O4. The molecule has 8 nitrogen and oxygen atoms in total. The molecule has 3 rings (SSSR count). The van der Waals surface area contributed by atoms with Crippen LogP contribution in [-0.4, -0.2) is 78.2 Å². The molecular weight excluding hydrogens is 336 g/mol. The fraction of sp³-hybridized carbons (Fsp3) is 0.611. The molecule has 1 atom stereocenters. The molecule has 2 fully saturated rings. The molecule has 0 aromatic carbocycles. The number of piperidine rings is 1. The van der Waals surface area contributed by atoms with E-state index < -0.39 is 0 Å². The third-order valence-electron chi connectivity index (χ3n) is 5.06. The smallest absolute Gasteiger partial charge is 0.289 e. The molecule has 0 bridgehead atoms. The van der Waals surface area contributed by atoms with Crippen LogP contribution in [0.4, 0.5) is 0 Å². The Bertz CT molecular complexity index is 646. The van der Waals surface area contributed by atoms with Crippen LogP contribution in [0.3, 0.4) is 0 Å². The van der Waals surface area contributed by atoms with Gasteiger partial charge in [0.15, 0.2) is 5.76 Å². The van der Waals surface area contributed by atoms with E-state index in [1.807, 2.05) is 9.80 Å². The molecule has 1 aromatic heterocycles. The van der Waals surface area contributed by atoms with Gasteiger partial charge in [-0.05, 0) is 37.9 Å². The molecule has 0 aliphatic carbocycles. The van der Waals surface area contributed by atoms with Crippen LogP contribution in [0, 0.1) is 5.92 Å². The maximum atomic E-state index is 12.9. The second-order valence-corrected chi connectivity index (χ2v) is 6.99. The van der Waals surface area contributed by atoms with Crippen LogP contribution in [0.15, 0.2) is 22.8 Å². The Morgan fingerprint density at radius 2 is 1.85 bits per heavy atom. The average Bonchev–Trinajstić information content (AvgIpc) is 3.05. The highest BCUT2D eigenvalue weighted by Gasteiger charge is 2.31. The molecule has 0 spiro atoms. The van der Waals surface area contributed by atoms with Crippen LogP contribution < -0.4 is 5.73 Å². The van der Waals surface area contributed by atoms with E-state index in [-0.39, 0.29) is 30.2 Å². The molecule has 8 heteroatoms. The van der Waals surface area contributed by atoms with Crippen LogP contribution in [0.25, 0.3) is 0 Å². The first-order chi connectivity index (χ1) is 12.5. The Balaban J connectivity index is 1.55. The molecule has 2 aliphatic rings. The predicted molar refractivity (Wildman–Crippen MR) is 94.2 cm³/mol. The second-order valence-electron chi connectivity index (χ2n) is 6.99. The summed E-state index contributed by atoms with van der Waals surface area (Å²) in [5.41, 5.74) is 5.27. The number of hydrogen-bond donors (Lipinski definition) is 1. The van der Waals surface area contributed by atoms with Gasteiger partial charge in [-0.25, -0.2) is 0 Å². The van der Waals surface area contributed by atoms with Gasteiger partial charge >= 0.3 is 0 Å². The van der Waals surface area contributed by atoms with Gasteiger partial charge in [-0.3, -0.25) is 19.3 Å². The van der Waals surface area contributed by atoms with Gasteiger partial charge in [0.1, 0.15) is 0 Å². The van der Waals surface area contributed by atoms with Crippen molar-refractivity contribution in [3.05, 3.63) is 24.2 Å². The molecule has 2 N–H and O–H groups in total. The lowest BCUT2D eigenvalue weighted by Crippen LogP contribution is -2.47. The van der Waals surface area contributed by atoms with E-state index in [1.54, 1.807) is 17.0 Å². The van der Waals surface area contributed by atoms with E-state index in [9.17, 15) is 14.4 Å². The normalized spacial score (nSPS) is 22.1. The lowest BCUT2D eigenvalue weighted by atomic mass is 9.96. The number of likely N-dealkylation sites (tertiary alicyclic amines) is 1. The van der Waals surface area contributed by atoms with Crippen LogP contribution in [0.2, 0.25) is 0 Å². The second kappa shape index (κ2) is 8.35. The lowest BCUT2D eigenvalue weighted by molar-refractivity contribution is -0.137. The number of primary amides is 1. The van der Waals surface area contributed by atoms with E-state index in [0.717, 1.165) is 25.8 Å². The minimum atomic E-state index is -0.361. The average molecular weight is 362 g/mol. The topological polar surface area (TPSA) is 100 Å². The fourth-order valence-corrected chi connectivity index (χ4v) is 3.78. The quantitative estimate of drug-likeness (QED) is 0.822. The van der Waals surface area contributed by atoms with E-state index >= 15 is 0 Å². The van der Waals surface area contributed by atoms with Crippen molar-refractivity contribution in [2.24, 2.45) is 11.7 Å². The highest BCUT2D eigenvalue weighted by atomic mass is 16.3. The van der Waals surface area contributed by atoms with Crippen molar-refractivity contribution in [1.29, 1.82) is 0 Å². The SMILES string of the molecule is NC(=O)CN1CCC[C@@H](C(=O)N2CCCN(C(=O)c3ccco3)CC2)C1. The Morgan fingerprint density at radius 3 is 2.58 bits per heavy atom. The summed E-state index contributed by atoms with van der Waals surface area (Å²) >= 11 is 0. The first kappa shape index (κ1) is 18.4. The molecule has 0 saturated carbocycles. The van der Waals surface area contributed by atoms with Gasteiger partial charge in [0, 0.05) is 32.7 Å². The van der Waals surface area contributed by atoms with Crippen molar-refractivity contribution < 1.29 is 18.8 Å². The van der Waals surface area contributed by atoms with E-state index in [0.29, 0.717) is 38.5 Å². The van der Waals surface area contributed by atoms with Crippen molar-refractivity contribution in [3.63, 3.8) is 0 Å². The third-order valence-corrected chi connectivity index (χ3v) is 5.06.